The van der Waals surface area contributed by atoms with Gasteiger partial charge in [-0.25, -0.2) is 4.98 Å². The highest BCUT2D eigenvalue weighted by Gasteiger charge is 2.29. The lowest BCUT2D eigenvalue weighted by atomic mass is 9.73. The smallest absolute Gasteiger partial charge is 0.110 e. The number of hydrogen-bond acceptors (Lipinski definition) is 2. The molecule has 2 aromatic carbocycles. The van der Waals surface area contributed by atoms with E-state index >= 15 is 0 Å². The minimum atomic E-state index is 0.432. The van der Waals surface area contributed by atoms with Gasteiger partial charge in [-0.2, -0.15) is 0 Å². The molecule has 1 aliphatic carbocycles. The minimum Gasteiger partial charge on any atom is -0.342 e. The first-order valence-corrected chi connectivity index (χ1v) is 10.6. The molecular formula is C24H24ClN3. The monoisotopic (exact) mass is 389 g/mol. The molecule has 4 heteroatoms. The van der Waals surface area contributed by atoms with Gasteiger partial charge in [-0.15, -0.1) is 0 Å². The normalized spacial score (nSPS) is 21.2. The number of benzene rings is 2. The molecule has 0 spiro atoms. The summed E-state index contributed by atoms with van der Waals surface area (Å²) in [5.41, 5.74) is 4.61. The van der Waals surface area contributed by atoms with E-state index in [-0.39, 0.29) is 0 Å². The predicted octanol–water partition coefficient (Wildman–Crippen LogP) is 6.84. The Hall–Kier alpha value is -2.39. The van der Waals surface area contributed by atoms with E-state index in [9.17, 15) is 0 Å². The van der Waals surface area contributed by atoms with Crippen LogP contribution >= 0.6 is 11.6 Å². The molecule has 0 aliphatic heterocycles. The molecule has 28 heavy (non-hydrogen) atoms. The number of nitrogens with one attached hydrogen (secondary N) is 1. The number of rotatable bonds is 3. The Bertz CT molecular complexity index is 1120. The number of hydrogen-bond donors (Lipinski definition) is 1. The second kappa shape index (κ2) is 7.21. The van der Waals surface area contributed by atoms with Gasteiger partial charge in [0.1, 0.15) is 5.82 Å². The Morgan fingerprint density at radius 3 is 2.68 bits per heavy atom. The molecule has 1 fully saturated rings. The summed E-state index contributed by atoms with van der Waals surface area (Å²) in [7, 11) is 0. The molecule has 0 saturated heterocycles. The average Bonchev–Trinajstić information content (AvgIpc) is 3.16. The second-order valence-electron chi connectivity index (χ2n) is 8.10. The Labute approximate surface area is 170 Å². The van der Waals surface area contributed by atoms with Gasteiger partial charge in [0.05, 0.1) is 16.6 Å². The standard InChI is InChI=1S/C24H24ClN3/c1-15(24-27-22-11-10-18(25)14-23(22)28-24)16-6-8-17(9-7-16)19-12-13-26-21-5-3-2-4-20(19)21/h2-5,10-17H,6-9H2,1H3,(H,27,28). The van der Waals surface area contributed by atoms with Gasteiger partial charge in [0.2, 0.25) is 0 Å². The van der Waals surface area contributed by atoms with Crippen LogP contribution in [0.5, 0.6) is 0 Å². The molecule has 4 aromatic rings. The number of pyridine rings is 1. The molecule has 0 radical (unpaired) electrons. The fraction of sp³-hybridized carbons (Fsp3) is 0.333. The van der Waals surface area contributed by atoms with Crippen LogP contribution in [0.2, 0.25) is 5.02 Å². The highest BCUT2D eigenvalue weighted by molar-refractivity contribution is 6.31. The van der Waals surface area contributed by atoms with Crippen LogP contribution in [-0.4, -0.2) is 15.0 Å². The van der Waals surface area contributed by atoms with Crippen molar-refractivity contribution in [2.45, 2.75) is 44.4 Å². The summed E-state index contributed by atoms with van der Waals surface area (Å²) >= 11 is 6.12. The van der Waals surface area contributed by atoms with Crippen LogP contribution < -0.4 is 0 Å². The van der Waals surface area contributed by atoms with Crippen LogP contribution in [0.15, 0.2) is 54.7 Å². The lowest BCUT2D eigenvalue weighted by Crippen LogP contribution is -2.19. The third kappa shape index (κ3) is 3.18. The molecule has 1 aliphatic rings. The van der Waals surface area contributed by atoms with E-state index in [4.69, 9.17) is 16.6 Å². The van der Waals surface area contributed by atoms with E-state index in [0.717, 1.165) is 27.4 Å². The second-order valence-corrected chi connectivity index (χ2v) is 8.54. The molecule has 1 atom stereocenters. The number of nitrogens with zero attached hydrogens (tertiary/aromatic N) is 2. The van der Waals surface area contributed by atoms with Crippen molar-refractivity contribution in [2.24, 2.45) is 5.92 Å². The number of H-pyrrole nitrogens is 1. The highest BCUT2D eigenvalue weighted by atomic mass is 35.5. The Morgan fingerprint density at radius 1 is 1.00 bits per heavy atom. The summed E-state index contributed by atoms with van der Waals surface area (Å²) in [5, 5.41) is 2.07. The molecule has 3 nitrogen and oxygen atoms in total. The first-order chi connectivity index (χ1) is 13.7. The maximum absolute atomic E-state index is 6.12. The zero-order chi connectivity index (χ0) is 19.1. The summed E-state index contributed by atoms with van der Waals surface area (Å²) in [6.45, 7) is 2.31. The van der Waals surface area contributed by atoms with Crippen molar-refractivity contribution in [1.29, 1.82) is 0 Å². The summed E-state index contributed by atoms with van der Waals surface area (Å²) in [6.07, 6.45) is 6.90. The summed E-state index contributed by atoms with van der Waals surface area (Å²) < 4.78 is 0. The zero-order valence-corrected chi connectivity index (χ0v) is 16.8. The van der Waals surface area contributed by atoms with Gasteiger partial charge in [0.15, 0.2) is 0 Å². The molecular weight excluding hydrogens is 366 g/mol. The van der Waals surface area contributed by atoms with E-state index in [1.54, 1.807) is 0 Å². The molecule has 2 heterocycles. The van der Waals surface area contributed by atoms with E-state index in [2.05, 4.69) is 47.2 Å². The van der Waals surface area contributed by atoms with Gasteiger partial charge >= 0.3 is 0 Å². The molecule has 1 N–H and O–H groups in total. The van der Waals surface area contributed by atoms with Crippen molar-refractivity contribution >= 4 is 33.5 Å². The van der Waals surface area contributed by atoms with E-state index in [0.29, 0.717) is 17.8 Å². The topological polar surface area (TPSA) is 41.6 Å². The molecule has 142 valence electrons. The van der Waals surface area contributed by atoms with E-state index in [1.807, 2.05) is 24.4 Å². The Kier molecular flexibility index (Phi) is 4.56. The minimum absolute atomic E-state index is 0.432. The SMILES string of the molecule is CC(c1nc2ccc(Cl)cc2[nH]1)C1CCC(c2ccnc3ccccc23)CC1. The van der Waals surface area contributed by atoms with Crippen LogP contribution in [0, 0.1) is 5.92 Å². The maximum atomic E-state index is 6.12. The van der Waals surface area contributed by atoms with Crippen LogP contribution in [0.3, 0.4) is 0 Å². The lowest BCUT2D eigenvalue weighted by Gasteiger charge is -2.32. The van der Waals surface area contributed by atoms with E-state index < -0.39 is 0 Å². The zero-order valence-electron chi connectivity index (χ0n) is 16.0. The van der Waals surface area contributed by atoms with Gasteiger partial charge in [-0.05, 0) is 73.4 Å². The van der Waals surface area contributed by atoms with Gasteiger partial charge in [-0.3, -0.25) is 4.98 Å². The fourth-order valence-corrected chi connectivity index (χ4v) is 5.02. The number of aromatic amines is 1. The largest absolute Gasteiger partial charge is 0.342 e. The third-order valence-corrected chi connectivity index (χ3v) is 6.73. The third-order valence-electron chi connectivity index (χ3n) is 6.50. The maximum Gasteiger partial charge on any atom is 0.110 e. The molecule has 1 saturated carbocycles. The van der Waals surface area contributed by atoms with Crippen LogP contribution in [-0.2, 0) is 0 Å². The van der Waals surface area contributed by atoms with Gasteiger partial charge in [0, 0.05) is 22.5 Å². The number of fused-ring (bicyclic) bond motifs is 2. The molecule has 5 rings (SSSR count). The van der Waals surface area contributed by atoms with Crippen molar-refractivity contribution < 1.29 is 0 Å². The van der Waals surface area contributed by atoms with Gasteiger partial charge < -0.3 is 4.98 Å². The number of imidazole rings is 1. The summed E-state index contributed by atoms with van der Waals surface area (Å²) in [5.74, 6) is 2.82. The van der Waals surface area contributed by atoms with E-state index in [1.165, 1.54) is 36.6 Å². The first kappa shape index (κ1) is 17.7. The van der Waals surface area contributed by atoms with Crippen molar-refractivity contribution in [2.75, 3.05) is 0 Å². The molecule has 0 amide bonds. The Morgan fingerprint density at radius 2 is 1.82 bits per heavy atom. The molecule has 1 unspecified atom stereocenters. The highest BCUT2D eigenvalue weighted by Crippen LogP contribution is 2.42. The van der Waals surface area contributed by atoms with Crippen LogP contribution in [0.25, 0.3) is 21.9 Å². The van der Waals surface area contributed by atoms with Gasteiger partial charge in [0.25, 0.3) is 0 Å². The molecule has 0 bridgehead atoms. The quantitative estimate of drug-likeness (QED) is 0.416. The number of aromatic nitrogens is 3. The molecule has 2 aromatic heterocycles. The Balaban J connectivity index is 1.33. The lowest BCUT2D eigenvalue weighted by molar-refractivity contribution is 0.286. The van der Waals surface area contributed by atoms with Crippen LogP contribution in [0.4, 0.5) is 0 Å². The number of para-hydroxylation sites is 1. The van der Waals surface area contributed by atoms with Crippen molar-refractivity contribution in [3.63, 3.8) is 0 Å². The van der Waals surface area contributed by atoms with Gasteiger partial charge in [-0.1, -0.05) is 36.7 Å². The average molecular weight is 390 g/mol. The fourth-order valence-electron chi connectivity index (χ4n) is 4.84. The van der Waals surface area contributed by atoms with Crippen LogP contribution in [0.1, 0.15) is 55.8 Å². The number of halogens is 1. The van der Waals surface area contributed by atoms with Crippen molar-refractivity contribution in [3.8, 4) is 0 Å². The first-order valence-electron chi connectivity index (χ1n) is 10.2. The van der Waals surface area contributed by atoms with Crippen molar-refractivity contribution in [3.05, 3.63) is 71.1 Å². The predicted molar refractivity (Wildman–Crippen MR) is 116 cm³/mol. The van der Waals surface area contributed by atoms with Crippen molar-refractivity contribution in [1.82, 2.24) is 15.0 Å². The summed E-state index contributed by atoms with van der Waals surface area (Å²) in [6, 6.07) is 16.6. The summed E-state index contributed by atoms with van der Waals surface area (Å²) in [4.78, 5) is 12.8.